The fourth-order valence-corrected chi connectivity index (χ4v) is 3.82. The van der Waals surface area contributed by atoms with E-state index in [1.54, 1.807) is 4.90 Å². The second-order valence-electron chi connectivity index (χ2n) is 7.71. The molecule has 1 aliphatic heterocycles. The van der Waals surface area contributed by atoms with Crippen LogP contribution in [0, 0.1) is 0 Å². The van der Waals surface area contributed by atoms with Crippen molar-refractivity contribution < 1.29 is 18.7 Å². The predicted octanol–water partition coefficient (Wildman–Crippen LogP) is 3.33. The molecule has 1 fully saturated rings. The zero-order chi connectivity index (χ0) is 21.8. The molecule has 3 aromatic rings. The van der Waals surface area contributed by atoms with Gasteiger partial charge >= 0.3 is 0 Å². The molecule has 2 aromatic carbocycles. The Kier molecular flexibility index (Phi) is 6.13. The Hall–Kier alpha value is -3.45. The number of carbonyl (C=O) groups excluding carboxylic acids is 2. The number of hydrogen-bond acceptors (Lipinski definition) is 5. The number of hydrogen-bond donors (Lipinski definition) is 1. The van der Waals surface area contributed by atoms with Crippen molar-refractivity contribution >= 4 is 11.8 Å². The maximum atomic E-state index is 13.1. The Morgan fingerprint density at radius 1 is 1.13 bits per heavy atom. The van der Waals surface area contributed by atoms with Gasteiger partial charge in [-0.25, -0.2) is 4.98 Å². The van der Waals surface area contributed by atoms with E-state index >= 15 is 0 Å². The summed E-state index contributed by atoms with van der Waals surface area (Å²) in [6.45, 7) is 3.96. The van der Waals surface area contributed by atoms with E-state index in [2.05, 4.69) is 10.3 Å². The fraction of sp³-hybridized carbons (Fsp3) is 0.292. The van der Waals surface area contributed by atoms with Gasteiger partial charge in [0.25, 0.3) is 5.91 Å². The number of aromatic nitrogens is 1. The molecule has 0 spiro atoms. The van der Waals surface area contributed by atoms with E-state index in [1.807, 2.05) is 74.5 Å². The summed E-state index contributed by atoms with van der Waals surface area (Å²) in [5.74, 6) is 0.0747. The third-order valence-corrected chi connectivity index (χ3v) is 5.23. The molecule has 31 heavy (non-hydrogen) atoms. The molecule has 0 aliphatic carbocycles. The number of nitrogens with one attached hydrogen (secondary N) is 1. The van der Waals surface area contributed by atoms with Gasteiger partial charge in [0.05, 0.1) is 18.3 Å². The van der Waals surface area contributed by atoms with Gasteiger partial charge in [0.2, 0.25) is 11.8 Å². The maximum absolute atomic E-state index is 13.1. The first-order valence-corrected chi connectivity index (χ1v) is 10.3. The number of rotatable bonds is 6. The van der Waals surface area contributed by atoms with E-state index in [-0.39, 0.29) is 31.0 Å². The predicted molar refractivity (Wildman–Crippen MR) is 115 cm³/mol. The lowest BCUT2D eigenvalue weighted by molar-refractivity contribution is -0.167. The van der Waals surface area contributed by atoms with E-state index < -0.39 is 12.1 Å². The van der Waals surface area contributed by atoms with Crippen molar-refractivity contribution in [2.24, 2.45) is 0 Å². The molecule has 7 heteroatoms. The van der Waals surface area contributed by atoms with Gasteiger partial charge in [-0.3, -0.25) is 9.59 Å². The number of nitrogens with zero attached hydrogens (tertiary/aromatic N) is 2. The highest BCUT2D eigenvalue weighted by Crippen LogP contribution is 2.32. The number of carbonyl (C=O) groups is 2. The van der Waals surface area contributed by atoms with Gasteiger partial charge in [0, 0.05) is 11.6 Å². The minimum Gasteiger partial charge on any atom is -0.444 e. The van der Waals surface area contributed by atoms with Crippen LogP contribution >= 0.6 is 0 Å². The van der Waals surface area contributed by atoms with E-state index in [0.29, 0.717) is 11.6 Å². The van der Waals surface area contributed by atoms with Crippen LogP contribution in [-0.4, -0.2) is 40.5 Å². The third kappa shape index (κ3) is 4.51. The van der Waals surface area contributed by atoms with Gasteiger partial charge < -0.3 is 19.4 Å². The lowest BCUT2D eigenvalue weighted by Gasteiger charge is -2.42. The molecular formula is C24H25N3O4. The molecule has 1 N–H and O–H groups in total. The van der Waals surface area contributed by atoms with Gasteiger partial charge in [-0.05, 0) is 31.5 Å². The van der Waals surface area contributed by atoms with Crippen LogP contribution in [0.5, 0.6) is 0 Å². The number of benzene rings is 2. The lowest BCUT2D eigenvalue weighted by atomic mass is 9.96. The molecule has 7 nitrogen and oxygen atoms in total. The Labute approximate surface area is 181 Å². The van der Waals surface area contributed by atoms with Gasteiger partial charge in [0.1, 0.15) is 12.9 Å². The molecular weight excluding hydrogens is 394 g/mol. The molecule has 2 atom stereocenters. The first kappa shape index (κ1) is 20.8. The van der Waals surface area contributed by atoms with Crippen LogP contribution in [0.3, 0.4) is 0 Å². The zero-order valence-electron chi connectivity index (χ0n) is 17.5. The van der Waals surface area contributed by atoms with E-state index in [0.717, 1.165) is 11.1 Å². The van der Waals surface area contributed by atoms with E-state index in [1.165, 1.54) is 6.26 Å². The molecule has 4 rings (SSSR count). The van der Waals surface area contributed by atoms with Crippen LogP contribution in [0.25, 0.3) is 11.5 Å². The van der Waals surface area contributed by atoms with Crippen molar-refractivity contribution in [1.29, 1.82) is 0 Å². The molecule has 2 heterocycles. The molecule has 1 aromatic heterocycles. The highest BCUT2D eigenvalue weighted by molar-refractivity contribution is 5.86. The van der Waals surface area contributed by atoms with Crippen LogP contribution in [0.15, 0.2) is 71.3 Å². The quantitative estimate of drug-likeness (QED) is 0.663. The smallest absolute Gasteiger partial charge is 0.252 e. The van der Waals surface area contributed by atoms with Gasteiger partial charge in [0.15, 0.2) is 6.10 Å². The van der Waals surface area contributed by atoms with Crippen molar-refractivity contribution in [3.05, 3.63) is 78.2 Å². The Bertz CT molecular complexity index is 1030. The van der Waals surface area contributed by atoms with Crippen LogP contribution in [0.4, 0.5) is 0 Å². The van der Waals surface area contributed by atoms with Gasteiger partial charge in [-0.15, -0.1) is 0 Å². The fourth-order valence-electron chi connectivity index (χ4n) is 3.82. The Morgan fingerprint density at radius 3 is 2.48 bits per heavy atom. The molecule has 2 amide bonds. The summed E-state index contributed by atoms with van der Waals surface area (Å²) in [4.78, 5) is 31.8. The van der Waals surface area contributed by atoms with E-state index in [9.17, 15) is 9.59 Å². The topological polar surface area (TPSA) is 84.7 Å². The van der Waals surface area contributed by atoms with Crippen LogP contribution in [-0.2, 0) is 20.9 Å². The summed E-state index contributed by atoms with van der Waals surface area (Å²) in [5.41, 5.74) is 2.33. The highest BCUT2D eigenvalue weighted by atomic mass is 16.5. The zero-order valence-corrected chi connectivity index (χ0v) is 17.5. The summed E-state index contributed by atoms with van der Waals surface area (Å²) >= 11 is 0. The second kappa shape index (κ2) is 9.14. The number of amides is 2. The van der Waals surface area contributed by atoms with Gasteiger partial charge in [-0.2, -0.15) is 0 Å². The van der Waals surface area contributed by atoms with Crippen LogP contribution < -0.4 is 5.32 Å². The average molecular weight is 419 g/mol. The van der Waals surface area contributed by atoms with Crippen molar-refractivity contribution in [2.45, 2.75) is 38.6 Å². The SMILES string of the molecule is CC(C)N1C(=O)CO[C@H](C(=O)NCc2coc(-c3ccccc3)n2)[C@H]1c1ccccc1. The van der Waals surface area contributed by atoms with Crippen molar-refractivity contribution in [3.8, 4) is 11.5 Å². The third-order valence-electron chi connectivity index (χ3n) is 5.23. The Morgan fingerprint density at radius 2 is 1.81 bits per heavy atom. The standard InChI is InChI=1S/C24H25N3O4/c1-16(2)27-20(28)15-30-22(21(27)17-9-5-3-6-10-17)23(29)25-13-19-14-31-24(26-19)18-11-7-4-8-12-18/h3-12,14,16,21-22H,13,15H2,1-2H3,(H,25,29)/t21-,22+/m1/s1. The van der Waals surface area contributed by atoms with Gasteiger partial charge in [-0.1, -0.05) is 48.5 Å². The molecule has 1 aliphatic rings. The number of oxazole rings is 1. The summed E-state index contributed by atoms with van der Waals surface area (Å²) in [7, 11) is 0. The molecule has 0 radical (unpaired) electrons. The highest BCUT2D eigenvalue weighted by Gasteiger charge is 2.42. The normalized spacial score (nSPS) is 18.9. The summed E-state index contributed by atoms with van der Waals surface area (Å²) in [6, 6.07) is 18.5. The molecule has 0 bridgehead atoms. The molecule has 0 saturated carbocycles. The lowest BCUT2D eigenvalue weighted by Crippen LogP contribution is -2.56. The van der Waals surface area contributed by atoms with Crippen molar-refractivity contribution in [3.63, 3.8) is 0 Å². The average Bonchev–Trinajstić information content (AvgIpc) is 3.27. The molecule has 0 unspecified atom stereocenters. The second-order valence-corrected chi connectivity index (χ2v) is 7.71. The van der Waals surface area contributed by atoms with Crippen LogP contribution in [0.2, 0.25) is 0 Å². The summed E-state index contributed by atoms with van der Waals surface area (Å²) in [6.07, 6.45) is 0.714. The summed E-state index contributed by atoms with van der Waals surface area (Å²) < 4.78 is 11.3. The molecule has 1 saturated heterocycles. The summed E-state index contributed by atoms with van der Waals surface area (Å²) in [5, 5.41) is 2.88. The van der Waals surface area contributed by atoms with E-state index in [4.69, 9.17) is 9.15 Å². The number of ether oxygens (including phenoxy) is 1. The van der Waals surface area contributed by atoms with Crippen molar-refractivity contribution in [2.75, 3.05) is 6.61 Å². The molecule has 160 valence electrons. The monoisotopic (exact) mass is 419 g/mol. The largest absolute Gasteiger partial charge is 0.444 e. The Balaban J connectivity index is 1.50. The van der Waals surface area contributed by atoms with Crippen molar-refractivity contribution in [1.82, 2.24) is 15.2 Å². The first-order chi connectivity index (χ1) is 15.0. The van der Waals surface area contributed by atoms with Crippen LogP contribution in [0.1, 0.15) is 31.1 Å². The maximum Gasteiger partial charge on any atom is 0.252 e. The minimum absolute atomic E-state index is 0.0686. The first-order valence-electron chi connectivity index (χ1n) is 10.3. The minimum atomic E-state index is -0.817. The number of morpholine rings is 1.